The molecule has 0 unspecified atom stereocenters. The van der Waals surface area contributed by atoms with Gasteiger partial charge in [0.1, 0.15) is 5.69 Å². The highest BCUT2D eigenvalue weighted by atomic mass is 16.6. The van der Waals surface area contributed by atoms with Crippen molar-refractivity contribution in [3.05, 3.63) is 72.3 Å². The Morgan fingerprint density at radius 1 is 1.08 bits per heavy atom. The number of Topliss-reactive ketones (excluding diaryl/α,β-unsaturated/α-hetero) is 1. The molecule has 0 radical (unpaired) electrons. The fraction of sp³-hybridized carbons (Fsp3) is 0.211. The van der Waals surface area contributed by atoms with E-state index in [-0.39, 0.29) is 5.78 Å². The van der Waals surface area contributed by atoms with Crippen LogP contribution in [0.25, 0.3) is 11.3 Å². The maximum absolute atomic E-state index is 11.4. The van der Waals surface area contributed by atoms with Gasteiger partial charge in [-0.3, -0.25) is 20.1 Å². The Morgan fingerprint density at radius 3 is 2.46 bits per heavy atom. The normalized spacial score (nSPS) is 10.2. The number of ketones is 1. The SMILES string of the molecule is C=C(CCONC(=C)c1cccc(C)n1)c1cccc(C(C)=O)n1. The van der Waals surface area contributed by atoms with Crippen molar-refractivity contribution >= 4 is 17.1 Å². The first-order valence-electron chi connectivity index (χ1n) is 7.64. The minimum atomic E-state index is -0.0653. The summed E-state index contributed by atoms with van der Waals surface area (Å²) in [6, 6.07) is 11.0. The third kappa shape index (κ3) is 4.86. The van der Waals surface area contributed by atoms with Gasteiger partial charge in [0.15, 0.2) is 5.78 Å². The Balaban J connectivity index is 1.82. The lowest BCUT2D eigenvalue weighted by Crippen LogP contribution is -2.14. The zero-order valence-corrected chi connectivity index (χ0v) is 14.0. The quantitative estimate of drug-likeness (QED) is 0.457. The molecule has 124 valence electrons. The van der Waals surface area contributed by atoms with Gasteiger partial charge in [-0.25, -0.2) is 4.98 Å². The van der Waals surface area contributed by atoms with Gasteiger partial charge >= 0.3 is 0 Å². The van der Waals surface area contributed by atoms with Crippen molar-refractivity contribution in [2.24, 2.45) is 0 Å². The maximum Gasteiger partial charge on any atom is 0.178 e. The van der Waals surface area contributed by atoms with Crippen LogP contribution < -0.4 is 5.48 Å². The molecule has 0 spiro atoms. The van der Waals surface area contributed by atoms with Crippen molar-refractivity contribution in [1.82, 2.24) is 15.4 Å². The van der Waals surface area contributed by atoms with Crippen LogP contribution >= 0.6 is 0 Å². The summed E-state index contributed by atoms with van der Waals surface area (Å²) in [5.41, 5.74) is 6.99. The van der Waals surface area contributed by atoms with Crippen LogP contribution in [0.5, 0.6) is 0 Å². The molecule has 2 heterocycles. The van der Waals surface area contributed by atoms with Crippen LogP contribution in [0.3, 0.4) is 0 Å². The Morgan fingerprint density at radius 2 is 1.75 bits per heavy atom. The number of nitrogens with zero attached hydrogens (tertiary/aromatic N) is 2. The first-order chi connectivity index (χ1) is 11.5. The van der Waals surface area contributed by atoms with Crippen LogP contribution in [0.1, 0.15) is 40.9 Å². The van der Waals surface area contributed by atoms with Gasteiger partial charge in [0.05, 0.1) is 23.7 Å². The second-order valence-electron chi connectivity index (χ2n) is 5.41. The average molecular weight is 323 g/mol. The summed E-state index contributed by atoms with van der Waals surface area (Å²) >= 11 is 0. The molecule has 0 amide bonds. The van der Waals surface area contributed by atoms with Gasteiger partial charge in [-0.05, 0) is 43.2 Å². The minimum Gasteiger partial charge on any atom is -0.293 e. The van der Waals surface area contributed by atoms with Gasteiger partial charge in [0, 0.05) is 12.6 Å². The number of rotatable bonds is 8. The van der Waals surface area contributed by atoms with E-state index in [4.69, 9.17) is 4.84 Å². The molecule has 5 nitrogen and oxygen atoms in total. The molecular weight excluding hydrogens is 302 g/mol. The van der Waals surface area contributed by atoms with Gasteiger partial charge < -0.3 is 0 Å². The van der Waals surface area contributed by atoms with Crippen molar-refractivity contribution in [2.75, 3.05) is 6.61 Å². The van der Waals surface area contributed by atoms with Crippen LogP contribution in [0.2, 0.25) is 0 Å². The number of carbonyl (C=O) groups excluding carboxylic acids is 1. The van der Waals surface area contributed by atoms with Crippen molar-refractivity contribution < 1.29 is 9.63 Å². The van der Waals surface area contributed by atoms with E-state index in [2.05, 4.69) is 28.6 Å². The van der Waals surface area contributed by atoms with Crippen LogP contribution in [-0.2, 0) is 4.84 Å². The number of aryl methyl sites for hydroxylation is 1. The van der Waals surface area contributed by atoms with Crippen LogP contribution in [0, 0.1) is 6.92 Å². The van der Waals surface area contributed by atoms with E-state index in [1.165, 1.54) is 6.92 Å². The number of nitrogens with one attached hydrogen (secondary N) is 1. The molecule has 0 fully saturated rings. The minimum absolute atomic E-state index is 0.0653. The first kappa shape index (κ1) is 17.6. The zero-order valence-electron chi connectivity index (χ0n) is 14.0. The lowest BCUT2D eigenvalue weighted by molar-refractivity contribution is 0.0833. The second-order valence-corrected chi connectivity index (χ2v) is 5.41. The smallest absolute Gasteiger partial charge is 0.178 e. The molecule has 2 aromatic heterocycles. The standard InChI is InChI=1S/C19H21N3O2/c1-13(17-8-6-10-19(21-17)16(4)23)11-12-24-22-15(3)18-9-5-7-14(2)20-18/h5-10,22H,1,3,11-12H2,2,4H3. The molecule has 0 saturated carbocycles. The topological polar surface area (TPSA) is 64.1 Å². The molecule has 0 bridgehead atoms. The number of hydrogen-bond donors (Lipinski definition) is 1. The molecule has 5 heteroatoms. The van der Waals surface area contributed by atoms with Gasteiger partial charge in [0.2, 0.25) is 0 Å². The number of aromatic nitrogens is 2. The van der Waals surface area contributed by atoms with Crippen molar-refractivity contribution in [2.45, 2.75) is 20.3 Å². The van der Waals surface area contributed by atoms with Crippen molar-refractivity contribution in [3.63, 3.8) is 0 Å². The van der Waals surface area contributed by atoms with Gasteiger partial charge in [-0.15, -0.1) is 0 Å². The molecule has 0 aliphatic carbocycles. The second kappa shape index (κ2) is 8.17. The number of hydroxylamine groups is 1. The summed E-state index contributed by atoms with van der Waals surface area (Å²) in [5.74, 6) is -0.0653. The summed E-state index contributed by atoms with van der Waals surface area (Å²) in [4.78, 5) is 25.4. The van der Waals surface area contributed by atoms with Gasteiger partial charge in [-0.1, -0.05) is 25.3 Å². The highest BCUT2D eigenvalue weighted by Gasteiger charge is 2.06. The highest BCUT2D eigenvalue weighted by molar-refractivity contribution is 5.92. The fourth-order valence-electron chi connectivity index (χ4n) is 2.03. The fourth-order valence-corrected chi connectivity index (χ4v) is 2.03. The largest absolute Gasteiger partial charge is 0.293 e. The highest BCUT2D eigenvalue weighted by Crippen LogP contribution is 2.14. The molecule has 2 aromatic rings. The van der Waals surface area contributed by atoms with Crippen LogP contribution in [0.4, 0.5) is 0 Å². The average Bonchev–Trinajstić information content (AvgIpc) is 2.58. The Kier molecular flexibility index (Phi) is 5.98. The molecule has 24 heavy (non-hydrogen) atoms. The molecule has 0 atom stereocenters. The van der Waals surface area contributed by atoms with E-state index in [1.54, 1.807) is 12.1 Å². The molecule has 0 saturated heterocycles. The third-order valence-corrected chi connectivity index (χ3v) is 3.37. The molecule has 0 aromatic carbocycles. The lowest BCUT2D eigenvalue weighted by atomic mass is 10.1. The van der Waals surface area contributed by atoms with E-state index in [1.807, 2.05) is 31.2 Å². The van der Waals surface area contributed by atoms with Gasteiger partial charge in [-0.2, -0.15) is 0 Å². The monoisotopic (exact) mass is 323 g/mol. The summed E-state index contributed by atoms with van der Waals surface area (Å²) in [6.45, 7) is 11.7. The van der Waals surface area contributed by atoms with Crippen molar-refractivity contribution in [3.8, 4) is 0 Å². The molecule has 2 rings (SSSR count). The van der Waals surface area contributed by atoms with Crippen LogP contribution in [0.15, 0.2) is 49.6 Å². The van der Waals surface area contributed by atoms with E-state index in [0.717, 1.165) is 17.0 Å². The van der Waals surface area contributed by atoms with Gasteiger partial charge in [0.25, 0.3) is 0 Å². The van der Waals surface area contributed by atoms with E-state index >= 15 is 0 Å². The lowest BCUT2D eigenvalue weighted by Gasteiger charge is -2.11. The van der Waals surface area contributed by atoms with Crippen LogP contribution in [-0.4, -0.2) is 22.4 Å². The molecule has 0 aliphatic heterocycles. The maximum atomic E-state index is 11.4. The molecular formula is C19H21N3O2. The molecule has 1 N–H and O–H groups in total. The van der Waals surface area contributed by atoms with Crippen molar-refractivity contribution in [1.29, 1.82) is 0 Å². The van der Waals surface area contributed by atoms with E-state index < -0.39 is 0 Å². The first-order valence-corrected chi connectivity index (χ1v) is 7.64. The zero-order chi connectivity index (χ0) is 17.5. The predicted octanol–water partition coefficient (Wildman–Crippen LogP) is 3.58. The summed E-state index contributed by atoms with van der Waals surface area (Å²) < 4.78 is 0. The molecule has 0 aliphatic rings. The van der Waals surface area contributed by atoms with E-state index in [9.17, 15) is 4.79 Å². The third-order valence-electron chi connectivity index (χ3n) is 3.37. The summed E-state index contributed by atoms with van der Waals surface area (Å²) in [7, 11) is 0. The number of pyridine rings is 2. The Bertz CT molecular complexity index is 769. The summed E-state index contributed by atoms with van der Waals surface area (Å²) in [5, 5.41) is 0. The predicted molar refractivity (Wildman–Crippen MR) is 95.0 cm³/mol. The Labute approximate surface area is 142 Å². The van der Waals surface area contributed by atoms with E-state index in [0.29, 0.717) is 30.1 Å². The summed E-state index contributed by atoms with van der Waals surface area (Å²) in [6.07, 6.45) is 0.579. The Hall–Kier alpha value is -2.79. The number of hydrogen-bond acceptors (Lipinski definition) is 5. The number of carbonyl (C=O) groups is 1.